The number of hydrogen-bond acceptors (Lipinski definition) is 3. The number of carboxylic acids is 1. The van der Waals surface area contributed by atoms with Crippen LogP contribution >= 0.6 is 0 Å². The molecule has 2 fully saturated rings. The largest absolute Gasteiger partial charge is 0.481 e. The summed E-state index contributed by atoms with van der Waals surface area (Å²) in [7, 11) is -3.55. The summed E-state index contributed by atoms with van der Waals surface area (Å²) in [6, 6.07) is 0. The fourth-order valence-electron chi connectivity index (χ4n) is 3.63. The van der Waals surface area contributed by atoms with Crippen molar-refractivity contribution >= 4 is 16.2 Å². The van der Waals surface area contributed by atoms with Crippen LogP contribution in [0.5, 0.6) is 0 Å². The third-order valence-corrected chi connectivity index (χ3v) is 6.36. The lowest BCUT2D eigenvalue weighted by atomic mass is 9.92. The predicted octanol–water partition coefficient (Wildman–Crippen LogP) is 1.25. The SMILES string of the molecule is CC1CC(C)CN(S(=O)(=O)N2CC(C)CC(C(=O)O)C2)C1. The van der Waals surface area contributed by atoms with Crippen LogP contribution in [0, 0.1) is 23.7 Å². The molecule has 2 saturated heterocycles. The topological polar surface area (TPSA) is 77.9 Å². The minimum atomic E-state index is -3.55. The summed E-state index contributed by atoms with van der Waals surface area (Å²) in [5.74, 6) is -0.721. The Hall–Kier alpha value is -0.660. The zero-order valence-corrected chi connectivity index (χ0v) is 13.8. The van der Waals surface area contributed by atoms with E-state index in [1.807, 2.05) is 6.92 Å². The summed E-state index contributed by atoms with van der Waals surface area (Å²) in [6.45, 7) is 7.64. The molecule has 2 heterocycles. The first-order valence-corrected chi connectivity index (χ1v) is 9.07. The van der Waals surface area contributed by atoms with Gasteiger partial charge in [0.05, 0.1) is 5.92 Å². The number of piperidine rings is 2. The van der Waals surface area contributed by atoms with Crippen LogP contribution in [0.1, 0.15) is 33.6 Å². The van der Waals surface area contributed by atoms with Crippen molar-refractivity contribution in [1.29, 1.82) is 0 Å². The second-order valence-corrected chi connectivity index (χ2v) is 8.89. The van der Waals surface area contributed by atoms with E-state index < -0.39 is 22.1 Å². The Balaban J connectivity index is 2.16. The summed E-state index contributed by atoms with van der Waals surface area (Å²) >= 11 is 0. The molecule has 0 amide bonds. The Kier molecular flexibility index (Phi) is 4.95. The molecule has 4 unspecified atom stereocenters. The molecule has 0 spiro atoms. The Labute approximate surface area is 127 Å². The van der Waals surface area contributed by atoms with Gasteiger partial charge in [0.2, 0.25) is 0 Å². The predicted molar refractivity (Wildman–Crippen MR) is 79.9 cm³/mol. The van der Waals surface area contributed by atoms with Gasteiger partial charge in [-0.2, -0.15) is 17.0 Å². The van der Waals surface area contributed by atoms with Gasteiger partial charge in [-0.05, 0) is 30.6 Å². The van der Waals surface area contributed by atoms with Crippen molar-refractivity contribution in [3.63, 3.8) is 0 Å². The second kappa shape index (κ2) is 6.22. The van der Waals surface area contributed by atoms with Crippen molar-refractivity contribution in [1.82, 2.24) is 8.61 Å². The lowest BCUT2D eigenvalue weighted by Crippen LogP contribution is -2.54. The summed E-state index contributed by atoms with van der Waals surface area (Å²) in [4.78, 5) is 11.2. The highest BCUT2D eigenvalue weighted by molar-refractivity contribution is 7.86. The fraction of sp³-hybridized carbons (Fsp3) is 0.929. The van der Waals surface area contributed by atoms with E-state index in [9.17, 15) is 18.3 Å². The van der Waals surface area contributed by atoms with Crippen LogP contribution in [0.15, 0.2) is 0 Å². The van der Waals surface area contributed by atoms with Crippen molar-refractivity contribution in [3.05, 3.63) is 0 Å². The van der Waals surface area contributed by atoms with E-state index >= 15 is 0 Å². The summed E-state index contributed by atoms with van der Waals surface area (Å²) < 4.78 is 28.5. The zero-order chi connectivity index (χ0) is 15.8. The first-order chi connectivity index (χ1) is 9.70. The molecule has 0 aromatic heterocycles. The average Bonchev–Trinajstić information content (AvgIpc) is 2.36. The summed E-state index contributed by atoms with van der Waals surface area (Å²) in [6.07, 6.45) is 1.59. The second-order valence-electron chi connectivity index (χ2n) is 6.96. The number of carbonyl (C=O) groups is 1. The van der Waals surface area contributed by atoms with Crippen LogP contribution in [0.4, 0.5) is 0 Å². The van der Waals surface area contributed by atoms with Crippen molar-refractivity contribution in [2.45, 2.75) is 33.6 Å². The maximum Gasteiger partial charge on any atom is 0.307 e. The molecule has 7 heteroatoms. The van der Waals surface area contributed by atoms with E-state index in [0.717, 1.165) is 6.42 Å². The smallest absolute Gasteiger partial charge is 0.307 e. The van der Waals surface area contributed by atoms with Crippen LogP contribution in [0.3, 0.4) is 0 Å². The quantitative estimate of drug-likeness (QED) is 0.849. The van der Waals surface area contributed by atoms with Gasteiger partial charge in [0.1, 0.15) is 0 Å². The number of nitrogens with zero attached hydrogens (tertiary/aromatic N) is 2. The number of hydrogen-bond donors (Lipinski definition) is 1. The normalized spacial score (nSPS) is 36.5. The van der Waals surface area contributed by atoms with Crippen molar-refractivity contribution in [2.24, 2.45) is 23.7 Å². The molecule has 2 rings (SSSR count). The van der Waals surface area contributed by atoms with Crippen molar-refractivity contribution < 1.29 is 18.3 Å². The van der Waals surface area contributed by atoms with Gasteiger partial charge in [0.15, 0.2) is 0 Å². The van der Waals surface area contributed by atoms with Gasteiger partial charge in [-0.25, -0.2) is 0 Å². The molecule has 0 aromatic carbocycles. The highest BCUT2D eigenvalue weighted by Gasteiger charge is 2.40. The zero-order valence-electron chi connectivity index (χ0n) is 13.0. The molecule has 1 N–H and O–H groups in total. The molecule has 2 aliphatic heterocycles. The molecule has 0 saturated carbocycles. The number of carboxylic acid groups (broad SMARTS) is 1. The van der Waals surface area contributed by atoms with E-state index in [1.54, 1.807) is 4.31 Å². The molecule has 6 nitrogen and oxygen atoms in total. The van der Waals surface area contributed by atoms with Gasteiger partial charge in [-0.3, -0.25) is 4.79 Å². The third-order valence-electron chi connectivity index (χ3n) is 4.46. The summed E-state index contributed by atoms with van der Waals surface area (Å²) in [5.41, 5.74) is 0. The molecule has 0 aromatic rings. The monoisotopic (exact) mass is 318 g/mol. The Morgan fingerprint density at radius 3 is 1.81 bits per heavy atom. The maximum absolute atomic E-state index is 12.8. The number of rotatable bonds is 3. The van der Waals surface area contributed by atoms with Crippen LogP contribution in [-0.2, 0) is 15.0 Å². The van der Waals surface area contributed by atoms with E-state index in [2.05, 4.69) is 13.8 Å². The van der Waals surface area contributed by atoms with Gasteiger partial charge >= 0.3 is 5.97 Å². The molecule has 0 radical (unpaired) electrons. The Morgan fingerprint density at radius 1 is 0.905 bits per heavy atom. The van der Waals surface area contributed by atoms with Crippen LogP contribution < -0.4 is 0 Å². The molecule has 0 bridgehead atoms. The molecule has 2 aliphatic rings. The minimum absolute atomic E-state index is 0.0780. The van der Waals surface area contributed by atoms with Crippen molar-refractivity contribution in [2.75, 3.05) is 26.2 Å². The van der Waals surface area contributed by atoms with E-state index in [-0.39, 0.29) is 12.5 Å². The minimum Gasteiger partial charge on any atom is -0.481 e. The maximum atomic E-state index is 12.8. The molecular weight excluding hydrogens is 292 g/mol. The lowest BCUT2D eigenvalue weighted by molar-refractivity contribution is -0.143. The first-order valence-electron chi connectivity index (χ1n) is 7.68. The molecule has 21 heavy (non-hydrogen) atoms. The van der Waals surface area contributed by atoms with Gasteiger partial charge in [0.25, 0.3) is 10.2 Å². The molecule has 0 aliphatic carbocycles. The van der Waals surface area contributed by atoms with Crippen molar-refractivity contribution in [3.8, 4) is 0 Å². The van der Waals surface area contributed by atoms with Gasteiger partial charge in [0, 0.05) is 26.2 Å². The molecule has 4 atom stereocenters. The molecular formula is C14H26N2O4S. The highest BCUT2D eigenvalue weighted by atomic mass is 32.2. The molecule has 122 valence electrons. The Morgan fingerprint density at radius 2 is 1.33 bits per heavy atom. The van der Waals surface area contributed by atoms with Gasteiger partial charge < -0.3 is 5.11 Å². The average molecular weight is 318 g/mol. The lowest BCUT2D eigenvalue weighted by Gasteiger charge is -2.40. The highest BCUT2D eigenvalue weighted by Crippen LogP contribution is 2.29. The van der Waals surface area contributed by atoms with E-state index in [4.69, 9.17) is 0 Å². The van der Waals surface area contributed by atoms with Crippen LogP contribution in [0.25, 0.3) is 0 Å². The summed E-state index contributed by atoms with van der Waals surface area (Å²) in [5, 5.41) is 9.20. The van der Waals surface area contributed by atoms with Gasteiger partial charge in [-0.15, -0.1) is 0 Å². The van der Waals surface area contributed by atoms with Crippen LogP contribution in [0.2, 0.25) is 0 Å². The fourth-order valence-corrected chi connectivity index (χ4v) is 5.65. The van der Waals surface area contributed by atoms with E-state index in [1.165, 1.54) is 4.31 Å². The van der Waals surface area contributed by atoms with E-state index in [0.29, 0.717) is 37.9 Å². The first kappa shape index (κ1) is 16.7. The van der Waals surface area contributed by atoms with Gasteiger partial charge in [-0.1, -0.05) is 20.8 Å². The van der Waals surface area contributed by atoms with Crippen LogP contribution in [-0.4, -0.2) is 54.3 Å². The number of aliphatic carboxylic acids is 1. The third kappa shape index (κ3) is 3.76. The standard InChI is InChI=1S/C14H26N2O4S/c1-10-4-11(2)7-15(6-10)21(19,20)16-8-12(3)5-13(9-16)14(17)18/h10-13H,4-9H2,1-3H3,(H,17,18). The Bertz CT molecular complexity index is 483.